The molecule has 0 saturated heterocycles. The molecule has 1 N–H and O–H groups in total. The van der Waals surface area contributed by atoms with Crippen molar-refractivity contribution in [1.82, 2.24) is 0 Å². The van der Waals surface area contributed by atoms with Crippen molar-refractivity contribution in [2.75, 3.05) is 16.8 Å². The molecule has 0 bridgehead atoms. The van der Waals surface area contributed by atoms with Crippen LogP contribution in [0.4, 0.5) is 11.4 Å². The second-order valence-corrected chi connectivity index (χ2v) is 10.3. The zero-order valence-electron chi connectivity index (χ0n) is 19.3. The molecule has 2 amide bonds. The van der Waals surface area contributed by atoms with Gasteiger partial charge in [-0.1, -0.05) is 52.6 Å². The van der Waals surface area contributed by atoms with Gasteiger partial charge >= 0.3 is 5.97 Å². The van der Waals surface area contributed by atoms with Crippen molar-refractivity contribution in [3.63, 3.8) is 0 Å². The second-order valence-electron chi connectivity index (χ2n) is 7.87. The van der Waals surface area contributed by atoms with Crippen LogP contribution in [0.15, 0.2) is 92.8 Å². The molecule has 0 aromatic heterocycles. The average molecular weight is 586 g/mol. The Bertz CT molecular complexity index is 1240. The van der Waals surface area contributed by atoms with Crippen LogP contribution in [0.25, 0.3) is 0 Å². The first-order valence-corrected chi connectivity index (χ1v) is 13.2. The number of hydrogen-bond acceptors (Lipinski definition) is 6. The van der Waals surface area contributed by atoms with Crippen molar-refractivity contribution in [1.29, 1.82) is 0 Å². The standard InChI is InChI=1S/C27H22BrClN2O4S/c1-2-3-16-35-27(34)17-4-12-21(13-5-17)31-25(32)23(30-20-10-6-18(28)7-11-20)24(26(31)33)36-22-14-8-19(29)9-15-22/h4-15,30H,2-3,16H2,1H3. The number of nitrogens with one attached hydrogen (secondary N) is 1. The van der Waals surface area contributed by atoms with Crippen LogP contribution < -0.4 is 10.2 Å². The number of unbranched alkanes of at least 4 members (excludes halogenated alkanes) is 1. The number of anilines is 2. The molecule has 36 heavy (non-hydrogen) atoms. The monoisotopic (exact) mass is 584 g/mol. The molecule has 0 fully saturated rings. The fraction of sp³-hybridized carbons (Fsp3) is 0.148. The first kappa shape index (κ1) is 26.0. The van der Waals surface area contributed by atoms with Gasteiger partial charge in [-0.05, 0) is 79.2 Å². The van der Waals surface area contributed by atoms with Gasteiger partial charge in [-0.2, -0.15) is 0 Å². The van der Waals surface area contributed by atoms with E-state index >= 15 is 0 Å². The molecule has 9 heteroatoms. The van der Waals surface area contributed by atoms with Gasteiger partial charge in [0.2, 0.25) is 0 Å². The number of carbonyl (C=O) groups excluding carboxylic acids is 3. The van der Waals surface area contributed by atoms with E-state index in [1.807, 2.05) is 19.1 Å². The summed E-state index contributed by atoms with van der Waals surface area (Å²) in [5.41, 5.74) is 1.55. The van der Waals surface area contributed by atoms with E-state index in [4.69, 9.17) is 16.3 Å². The van der Waals surface area contributed by atoms with Crippen molar-refractivity contribution in [2.45, 2.75) is 24.7 Å². The molecule has 0 radical (unpaired) electrons. The minimum Gasteiger partial charge on any atom is -0.462 e. The number of halogens is 2. The molecule has 0 spiro atoms. The van der Waals surface area contributed by atoms with Gasteiger partial charge in [0.1, 0.15) is 10.6 Å². The van der Waals surface area contributed by atoms with Gasteiger partial charge in [0.15, 0.2) is 0 Å². The van der Waals surface area contributed by atoms with Gasteiger partial charge < -0.3 is 10.1 Å². The van der Waals surface area contributed by atoms with Gasteiger partial charge in [0.25, 0.3) is 11.8 Å². The molecule has 4 rings (SSSR count). The largest absolute Gasteiger partial charge is 0.462 e. The molecule has 0 atom stereocenters. The molecule has 1 aliphatic heterocycles. The highest BCUT2D eigenvalue weighted by molar-refractivity contribution is 9.10. The molecule has 0 saturated carbocycles. The molecule has 0 unspecified atom stereocenters. The summed E-state index contributed by atoms with van der Waals surface area (Å²) in [4.78, 5) is 41.3. The van der Waals surface area contributed by atoms with E-state index in [0.717, 1.165) is 27.1 Å². The van der Waals surface area contributed by atoms with Crippen molar-refractivity contribution in [3.8, 4) is 0 Å². The smallest absolute Gasteiger partial charge is 0.338 e. The molecule has 3 aromatic carbocycles. The summed E-state index contributed by atoms with van der Waals surface area (Å²) in [7, 11) is 0. The van der Waals surface area contributed by atoms with Gasteiger partial charge in [-0.15, -0.1) is 0 Å². The molecular formula is C27H22BrClN2O4S. The molecular weight excluding hydrogens is 564 g/mol. The number of carbonyl (C=O) groups is 3. The van der Waals surface area contributed by atoms with E-state index < -0.39 is 17.8 Å². The number of imide groups is 1. The summed E-state index contributed by atoms with van der Waals surface area (Å²) in [5.74, 6) is -1.39. The van der Waals surface area contributed by atoms with Crippen LogP contribution in [0.1, 0.15) is 30.1 Å². The molecule has 1 heterocycles. The van der Waals surface area contributed by atoms with E-state index in [1.165, 1.54) is 11.8 Å². The van der Waals surface area contributed by atoms with Crippen LogP contribution in [0.2, 0.25) is 5.02 Å². The normalized spacial score (nSPS) is 13.4. The van der Waals surface area contributed by atoms with Crippen LogP contribution in [-0.2, 0) is 14.3 Å². The Balaban J connectivity index is 1.62. The first-order chi connectivity index (χ1) is 17.4. The molecule has 1 aliphatic rings. The number of nitrogens with zero attached hydrogens (tertiary/aromatic N) is 1. The third-order valence-electron chi connectivity index (χ3n) is 5.28. The Hall–Kier alpha value is -3.07. The third kappa shape index (κ3) is 6.00. The summed E-state index contributed by atoms with van der Waals surface area (Å²) in [6, 6.07) is 20.6. The zero-order valence-corrected chi connectivity index (χ0v) is 22.5. The minimum atomic E-state index is -0.488. The summed E-state index contributed by atoms with van der Waals surface area (Å²) < 4.78 is 6.13. The Morgan fingerprint density at radius 1 is 0.972 bits per heavy atom. The summed E-state index contributed by atoms with van der Waals surface area (Å²) in [5, 5.41) is 3.69. The maximum absolute atomic E-state index is 13.5. The fourth-order valence-electron chi connectivity index (χ4n) is 3.39. The topological polar surface area (TPSA) is 75.7 Å². The van der Waals surface area contributed by atoms with E-state index in [0.29, 0.717) is 28.6 Å². The predicted molar refractivity (Wildman–Crippen MR) is 146 cm³/mol. The number of esters is 1. The second kappa shape index (κ2) is 11.8. The summed E-state index contributed by atoms with van der Waals surface area (Å²) in [6.07, 6.45) is 1.71. The van der Waals surface area contributed by atoms with E-state index in [2.05, 4.69) is 21.2 Å². The number of benzene rings is 3. The highest BCUT2D eigenvalue weighted by atomic mass is 79.9. The third-order valence-corrected chi connectivity index (χ3v) is 7.15. The Kier molecular flexibility index (Phi) is 8.51. The quantitative estimate of drug-likeness (QED) is 0.165. The van der Waals surface area contributed by atoms with Crippen molar-refractivity contribution in [3.05, 3.63) is 98.5 Å². The molecule has 0 aliphatic carbocycles. The number of amides is 2. The molecule has 6 nitrogen and oxygen atoms in total. The highest BCUT2D eigenvalue weighted by Gasteiger charge is 2.40. The lowest BCUT2D eigenvalue weighted by atomic mass is 10.2. The van der Waals surface area contributed by atoms with Crippen LogP contribution in [0.3, 0.4) is 0 Å². The van der Waals surface area contributed by atoms with E-state index in [-0.39, 0.29) is 10.6 Å². The van der Waals surface area contributed by atoms with E-state index in [9.17, 15) is 14.4 Å². The van der Waals surface area contributed by atoms with Gasteiger partial charge in [-0.25, -0.2) is 9.69 Å². The van der Waals surface area contributed by atoms with Crippen LogP contribution in [0.5, 0.6) is 0 Å². The van der Waals surface area contributed by atoms with Gasteiger partial charge in [0.05, 0.1) is 17.9 Å². The van der Waals surface area contributed by atoms with E-state index in [1.54, 1.807) is 60.7 Å². The zero-order chi connectivity index (χ0) is 25.7. The molecule has 3 aromatic rings. The van der Waals surface area contributed by atoms with Crippen LogP contribution in [0, 0.1) is 0 Å². The number of ether oxygens (including phenoxy) is 1. The Morgan fingerprint density at radius 2 is 1.64 bits per heavy atom. The fourth-order valence-corrected chi connectivity index (χ4v) is 4.70. The predicted octanol–water partition coefficient (Wildman–Crippen LogP) is 7.05. The lowest BCUT2D eigenvalue weighted by Gasteiger charge is -2.16. The SMILES string of the molecule is CCCCOC(=O)c1ccc(N2C(=O)C(Nc3ccc(Br)cc3)=C(Sc3ccc(Cl)cc3)C2=O)cc1. The van der Waals surface area contributed by atoms with Crippen molar-refractivity contribution in [2.24, 2.45) is 0 Å². The van der Waals surface area contributed by atoms with Crippen molar-refractivity contribution >= 4 is 68.5 Å². The van der Waals surface area contributed by atoms with Crippen LogP contribution in [-0.4, -0.2) is 24.4 Å². The van der Waals surface area contributed by atoms with Gasteiger partial charge in [-0.3, -0.25) is 9.59 Å². The Morgan fingerprint density at radius 3 is 2.28 bits per heavy atom. The number of rotatable bonds is 9. The number of hydrogen-bond donors (Lipinski definition) is 1. The van der Waals surface area contributed by atoms with Crippen molar-refractivity contribution < 1.29 is 19.1 Å². The Labute approximate surface area is 226 Å². The van der Waals surface area contributed by atoms with Crippen LogP contribution >= 0.6 is 39.3 Å². The summed E-state index contributed by atoms with van der Waals surface area (Å²) >= 11 is 10.6. The maximum Gasteiger partial charge on any atom is 0.338 e. The van der Waals surface area contributed by atoms with Gasteiger partial charge in [0, 0.05) is 20.1 Å². The number of thioether (sulfide) groups is 1. The maximum atomic E-state index is 13.5. The lowest BCUT2D eigenvalue weighted by Crippen LogP contribution is -2.32. The summed E-state index contributed by atoms with van der Waals surface area (Å²) in [6.45, 7) is 2.36. The first-order valence-electron chi connectivity index (χ1n) is 11.2. The minimum absolute atomic E-state index is 0.172. The highest BCUT2D eigenvalue weighted by Crippen LogP contribution is 2.38. The lowest BCUT2D eigenvalue weighted by molar-refractivity contribution is -0.120. The molecule has 184 valence electrons. The average Bonchev–Trinajstić information content (AvgIpc) is 3.10.